The van der Waals surface area contributed by atoms with Crippen LogP contribution in [0.1, 0.15) is 38.3 Å². The van der Waals surface area contributed by atoms with Crippen LogP contribution in [-0.4, -0.2) is 35.1 Å². The van der Waals surface area contributed by atoms with Gasteiger partial charge in [-0.25, -0.2) is 0 Å². The molecule has 5 heteroatoms. The molecule has 1 saturated heterocycles. The molecule has 2 rings (SSSR count). The Kier molecular flexibility index (Phi) is 4.75. The summed E-state index contributed by atoms with van der Waals surface area (Å²) in [4.78, 5) is 14.2. The van der Waals surface area contributed by atoms with Crippen molar-refractivity contribution in [3.8, 4) is 0 Å². The maximum Gasteiger partial charge on any atom is 0.239 e. The van der Waals surface area contributed by atoms with Crippen LogP contribution in [-0.2, 0) is 11.3 Å². The van der Waals surface area contributed by atoms with Crippen LogP contribution < -0.4 is 5.32 Å². The summed E-state index contributed by atoms with van der Waals surface area (Å²) in [6, 6.07) is 1.63. The van der Waals surface area contributed by atoms with Crippen molar-refractivity contribution in [2.45, 2.75) is 45.2 Å². The summed E-state index contributed by atoms with van der Waals surface area (Å²) in [6.45, 7) is 4.27. The van der Waals surface area contributed by atoms with Crippen LogP contribution in [0.3, 0.4) is 0 Å². The van der Waals surface area contributed by atoms with Gasteiger partial charge in [0, 0.05) is 25.7 Å². The van der Waals surface area contributed by atoms with E-state index in [1.807, 2.05) is 11.8 Å². The van der Waals surface area contributed by atoms with Crippen LogP contribution in [0.5, 0.6) is 0 Å². The number of nitrogens with zero attached hydrogens (tertiary/aromatic N) is 2. The Hall–Kier alpha value is -1.36. The molecule has 1 atom stereocenters. The summed E-state index contributed by atoms with van der Waals surface area (Å²) < 4.78 is 4.75. The van der Waals surface area contributed by atoms with Crippen LogP contribution in [0.25, 0.3) is 0 Å². The monoisotopic (exact) mass is 251 g/mol. The fourth-order valence-corrected chi connectivity index (χ4v) is 2.24. The lowest BCUT2D eigenvalue weighted by Crippen LogP contribution is -2.45. The number of carbonyl (C=O) groups excluding carboxylic acids is 1. The molecular weight excluding hydrogens is 230 g/mol. The number of nitrogens with one attached hydrogen (secondary N) is 1. The van der Waals surface area contributed by atoms with E-state index < -0.39 is 0 Å². The van der Waals surface area contributed by atoms with Gasteiger partial charge in [-0.15, -0.1) is 0 Å². The number of likely N-dealkylation sites (tertiary alicyclic amines) is 1. The molecule has 0 aliphatic carbocycles. The van der Waals surface area contributed by atoms with Crippen LogP contribution >= 0.6 is 0 Å². The third kappa shape index (κ3) is 3.57. The Morgan fingerprint density at radius 2 is 2.17 bits per heavy atom. The van der Waals surface area contributed by atoms with E-state index in [2.05, 4.69) is 10.5 Å². The maximum atomic E-state index is 12.2. The number of hydrogen-bond donors (Lipinski definition) is 1. The van der Waals surface area contributed by atoms with Crippen molar-refractivity contribution >= 4 is 5.91 Å². The molecule has 1 aliphatic heterocycles. The van der Waals surface area contributed by atoms with E-state index in [-0.39, 0.29) is 11.9 Å². The third-order valence-corrected chi connectivity index (χ3v) is 3.37. The first-order valence-corrected chi connectivity index (χ1v) is 6.69. The molecule has 100 valence electrons. The summed E-state index contributed by atoms with van der Waals surface area (Å²) in [5.41, 5.74) is 0.825. The first kappa shape index (κ1) is 13.1. The second-order valence-electron chi connectivity index (χ2n) is 4.83. The standard InChI is InChI=1S/C13H21N3O2/c1-11(14-10-12-6-9-18-15-12)13(17)16-7-4-2-3-5-8-16/h6,9,11,14H,2-5,7-8,10H2,1H3. The highest BCUT2D eigenvalue weighted by Crippen LogP contribution is 2.10. The molecule has 1 aliphatic rings. The van der Waals surface area contributed by atoms with Gasteiger partial charge in [0.25, 0.3) is 0 Å². The van der Waals surface area contributed by atoms with Crippen LogP contribution in [0.2, 0.25) is 0 Å². The molecule has 0 aromatic carbocycles. The lowest BCUT2D eigenvalue weighted by Gasteiger charge is -2.24. The van der Waals surface area contributed by atoms with Crippen LogP contribution in [0.15, 0.2) is 16.9 Å². The van der Waals surface area contributed by atoms with E-state index in [1.165, 1.54) is 19.1 Å². The molecule has 5 nitrogen and oxygen atoms in total. The molecule has 1 aromatic rings. The number of amides is 1. The zero-order chi connectivity index (χ0) is 12.8. The Morgan fingerprint density at radius 1 is 1.44 bits per heavy atom. The minimum atomic E-state index is -0.167. The van der Waals surface area contributed by atoms with Gasteiger partial charge in [0.1, 0.15) is 6.26 Å². The molecule has 1 N–H and O–H groups in total. The van der Waals surface area contributed by atoms with Crippen LogP contribution in [0, 0.1) is 0 Å². The summed E-state index contributed by atoms with van der Waals surface area (Å²) in [5.74, 6) is 0.195. The van der Waals surface area contributed by atoms with Gasteiger partial charge >= 0.3 is 0 Å². The lowest BCUT2D eigenvalue weighted by molar-refractivity contribution is -0.133. The highest BCUT2D eigenvalue weighted by Gasteiger charge is 2.20. The van der Waals surface area contributed by atoms with E-state index in [1.54, 1.807) is 6.07 Å². The van der Waals surface area contributed by atoms with Crippen molar-refractivity contribution in [1.82, 2.24) is 15.4 Å². The molecule has 18 heavy (non-hydrogen) atoms. The lowest BCUT2D eigenvalue weighted by atomic mass is 10.2. The minimum Gasteiger partial charge on any atom is -0.364 e. The van der Waals surface area contributed by atoms with Gasteiger partial charge in [-0.3, -0.25) is 4.79 Å². The highest BCUT2D eigenvalue weighted by molar-refractivity contribution is 5.81. The topological polar surface area (TPSA) is 58.4 Å². The van der Waals surface area contributed by atoms with Crippen molar-refractivity contribution in [2.24, 2.45) is 0 Å². The highest BCUT2D eigenvalue weighted by atomic mass is 16.5. The van der Waals surface area contributed by atoms with Gasteiger partial charge < -0.3 is 14.7 Å². The number of hydrogen-bond acceptors (Lipinski definition) is 4. The Balaban J connectivity index is 1.79. The van der Waals surface area contributed by atoms with E-state index in [0.717, 1.165) is 31.6 Å². The first-order chi connectivity index (χ1) is 8.77. The predicted molar refractivity (Wildman–Crippen MR) is 67.9 cm³/mol. The summed E-state index contributed by atoms with van der Waals surface area (Å²) >= 11 is 0. The smallest absolute Gasteiger partial charge is 0.239 e. The van der Waals surface area contributed by atoms with Gasteiger partial charge in [-0.1, -0.05) is 18.0 Å². The molecule has 1 fully saturated rings. The molecule has 1 aromatic heterocycles. The molecule has 0 saturated carbocycles. The van der Waals surface area contributed by atoms with Crippen molar-refractivity contribution in [3.05, 3.63) is 18.0 Å². The van der Waals surface area contributed by atoms with Crippen LogP contribution in [0.4, 0.5) is 0 Å². The van der Waals surface area contributed by atoms with Crippen molar-refractivity contribution in [2.75, 3.05) is 13.1 Å². The molecule has 0 bridgehead atoms. The number of carbonyl (C=O) groups is 1. The van der Waals surface area contributed by atoms with Gasteiger partial charge in [-0.05, 0) is 19.8 Å². The zero-order valence-corrected chi connectivity index (χ0v) is 10.9. The predicted octanol–water partition coefficient (Wildman–Crippen LogP) is 1.56. The van der Waals surface area contributed by atoms with E-state index >= 15 is 0 Å². The molecule has 1 unspecified atom stereocenters. The average Bonchev–Trinajstić information content (AvgIpc) is 2.75. The second-order valence-corrected chi connectivity index (χ2v) is 4.83. The molecular formula is C13H21N3O2. The van der Waals surface area contributed by atoms with E-state index in [0.29, 0.717) is 6.54 Å². The Morgan fingerprint density at radius 3 is 2.78 bits per heavy atom. The van der Waals surface area contributed by atoms with Gasteiger partial charge in [0.15, 0.2) is 0 Å². The summed E-state index contributed by atoms with van der Waals surface area (Å²) in [5, 5.41) is 7.00. The maximum absolute atomic E-state index is 12.2. The molecule has 0 radical (unpaired) electrons. The van der Waals surface area contributed by atoms with Gasteiger partial charge in [0.2, 0.25) is 5.91 Å². The van der Waals surface area contributed by atoms with E-state index in [4.69, 9.17) is 4.52 Å². The fraction of sp³-hybridized carbons (Fsp3) is 0.692. The summed E-state index contributed by atoms with van der Waals surface area (Å²) in [6.07, 6.45) is 6.27. The normalized spacial score (nSPS) is 18.4. The SMILES string of the molecule is CC(NCc1ccon1)C(=O)N1CCCCCC1. The second kappa shape index (κ2) is 6.54. The molecule has 0 spiro atoms. The Labute approximate surface area is 108 Å². The quantitative estimate of drug-likeness (QED) is 0.882. The zero-order valence-electron chi connectivity index (χ0n) is 10.9. The third-order valence-electron chi connectivity index (χ3n) is 3.37. The molecule has 2 heterocycles. The average molecular weight is 251 g/mol. The number of aromatic nitrogens is 1. The summed E-state index contributed by atoms with van der Waals surface area (Å²) in [7, 11) is 0. The van der Waals surface area contributed by atoms with Crippen molar-refractivity contribution in [3.63, 3.8) is 0 Å². The van der Waals surface area contributed by atoms with Crippen molar-refractivity contribution < 1.29 is 9.32 Å². The van der Waals surface area contributed by atoms with Gasteiger partial charge in [0.05, 0.1) is 11.7 Å². The minimum absolute atomic E-state index is 0.167. The first-order valence-electron chi connectivity index (χ1n) is 6.69. The van der Waals surface area contributed by atoms with Crippen molar-refractivity contribution in [1.29, 1.82) is 0 Å². The van der Waals surface area contributed by atoms with Gasteiger partial charge in [-0.2, -0.15) is 0 Å². The van der Waals surface area contributed by atoms with E-state index in [9.17, 15) is 4.79 Å². The largest absolute Gasteiger partial charge is 0.364 e. The molecule has 1 amide bonds. The number of rotatable bonds is 4. The fourth-order valence-electron chi connectivity index (χ4n) is 2.24. The Bertz CT molecular complexity index is 356.